The monoisotopic (exact) mass is 317 g/mol. The minimum Gasteiger partial charge on any atom is -0.490 e. The summed E-state index contributed by atoms with van der Waals surface area (Å²) in [5, 5.41) is 3.03. The summed E-state index contributed by atoms with van der Waals surface area (Å²) >= 11 is 0. The summed E-state index contributed by atoms with van der Waals surface area (Å²) in [7, 11) is 3.99. The molecule has 0 unspecified atom stereocenters. The first-order chi connectivity index (χ1) is 11.0. The van der Waals surface area contributed by atoms with E-state index >= 15 is 0 Å². The molecule has 0 aromatic heterocycles. The second-order valence-corrected chi connectivity index (χ2v) is 6.27. The highest BCUT2D eigenvalue weighted by atomic mass is 16.5. The maximum Gasteiger partial charge on any atom is 0.244 e. The molecule has 0 saturated heterocycles. The number of likely N-dealkylation sites (N-methyl/N-ethyl adjacent to an activating group) is 1. The van der Waals surface area contributed by atoms with Crippen LogP contribution in [0, 0.1) is 0 Å². The zero-order valence-electron chi connectivity index (χ0n) is 14.0. The summed E-state index contributed by atoms with van der Waals surface area (Å²) in [4.78, 5) is 13.9. The average molecular weight is 317 g/mol. The molecular weight excluding hydrogens is 290 g/mol. The molecule has 0 heterocycles. The highest BCUT2D eigenvalue weighted by molar-refractivity contribution is 5.92. The summed E-state index contributed by atoms with van der Waals surface area (Å²) < 4.78 is 5.65. The smallest absolute Gasteiger partial charge is 0.244 e. The average Bonchev–Trinajstić information content (AvgIpc) is 2.99. The number of benzene rings is 1. The Hall–Kier alpha value is -2.01. The normalized spacial score (nSPS) is 15.4. The van der Waals surface area contributed by atoms with Crippen molar-refractivity contribution in [1.82, 2.24) is 10.2 Å². The first-order valence-corrected chi connectivity index (χ1v) is 8.20. The van der Waals surface area contributed by atoms with Crippen molar-refractivity contribution in [3.8, 4) is 5.75 Å². The summed E-state index contributed by atoms with van der Waals surface area (Å²) in [6, 6.07) is 5.91. The van der Waals surface area contributed by atoms with Crippen LogP contribution in [-0.4, -0.2) is 44.1 Å². The van der Waals surface area contributed by atoms with E-state index in [4.69, 9.17) is 10.5 Å². The third-order valence-electron chi connectivity index (χ3n) is 3.96. The van der Waals surface area contributed by atoms with Gasteiger partial charge in [-0.1, -0.05) is 18.9 Å². The number of nitrogen functional groups attached to an aromatic ring is 1. The van der Waals surface area contributed by atoms with Crippen LogP contribution in [0.4, 0.5) is 5.69 Å². The van der Waals surface area contributed by atoms with E-state index in [1.54, 1.807) is 12.2 Å². The second-order valence-electron chi connectivity index (χ2n) is 6.27. The number of nitrogens with one attached hydrogen (secondary N) is 1. The van der Waals surface area contributed by atoms with Crippen molar-refractivity contribution in [1.29, 1.82) is 0 Å². The number of carbonyl (C=O) groups excluding carboxylic acids is 1. The first-order valence-electron chi connectivity index (χ1n) is 8.20. The Morgan fingerprint density at radius 1 is 1.39 bits per heavy atom. The van der Waals surface area contributed by atoms with Crippen molar-refractivity contribution >= 4 is 17.7 Å². The molecule has 1 aromatic rings. The van der Waals surface area contributed by atoms with Crippen LogP contribution in [0.1, 0.15) is 31.2 Å². The Bertz CT molecular complexity index is 549. The Kier molecular flexibility index (Phi) is 6.47. The predicted octanol–water partition coefficient (Wildman–Crippen LogP) is 2.28. The Morgan fingerprint density at radius 2 is 2.13 bits per heavy atom. The van der Waals surface area contributed by atoms with Gasteiger partial charge in [-0.05, 0) is 50.7 Å². The summed E-state index contributed by atoms with van der Waals surface area (Å²) in [6.45, 7) is 1.43. The summed E-state index contributed by atoms with van der Waals surface area (Å²) in [6.07, 6.45) is 7.95. The molecule has 2 rings (SSSR count). The van der Waals surface area contributed by atoms with Gasteiger partial charge < -0.3 is 20.7 Å². The zero-order chi connectivity index (χ0) is 16.7. The van der Waals surface area contributed by atoms with Crippen molar-refractivity contribution in [2.45, 2.75) is 31.7 Å². The Morgan fingerprint density at radius 3 is 2.78 bits per heavy atom. The molecule has 126 valence electrons. The molecule has 1 aromatic carbocycles. The van der Waals surface area contributed by atoms with Crippen molar-refractivity contribution in [3.63, 3.8) is 0 Å². The fourth-order valence-corrected chi connectivity index (χ4v) is 2.63. The maximum atomic E-state index is 11.9. The molecule has 0 atom stereocenters. The largest absolute Gasteiger partial charge is 0.490 e. The van der Waals surface area contributed by atoms with E-state index in [0.29, 0.717) is 24.1 Å². The van der Waals surface area contributed by atoms with Gasteiger partial charge in [0.15, 0.2) is 0 Å². The number of ether oxygens (including phenoxy) is 1. The second kappa shape index (κ2) is 8.58. The van der Waals surface area contributed by atoms with Gasteiger partial charge in [0.25, 0.3) is 0 Å². The number of hydrogen-bond donors (Lipinski definition) is 2. The van der Waals surface area contributed by atoms with Crippen LogP contribution >= 0.6 is 0 Å². The molecule has 5 nitrogen and oxygen atoms in total. The summed E-state index contributed by atoms with van der Waals surface area (Å²) in [5.41, 5.74) is 7.48. The molecule has 1 saturated carbocycles. The lowest BCUT2D eigenvalue weighted by Gasteiger charge is -2.12. The molecular formula is C18H27N3O2. The molecule has 5 heteroatoms. The lowest BCUT2D eigenvalue weighted by atomic mass is 10.1. The van der Waals surface area contributed by atoms with E-state index in [1.807, 2.05) is 32.3 Å². The van der Waals surface area contributed by atoms with Crippen LogP contribution < -0.4 is 15.8 Å². The van der Waals surface area contributed by atoms with Gasteiger partial charge in [-0.2, -0.15) is 0 Å². The van der Waals surface area contributed by atoms with Gasteiger partial charge in [0.1, 0.15) is 12.4 Å². The van der Waals surface area contributed by atoms with Crippen LogP contribution in [-0.2, 0) is 4.79 Å². The number of nitrogens with zero attached hydrogens (tertiary/aromatic N) is 1. The molecule has 1 fully saturated rings. The van der Waals surface area contributed by atoms with Gasteiger partial charge in [0, 0.05) is 18.7 Å². The standard InChI is InChI=1S/C18H27N3O2/c1-21(2)11-12-23-17-9-7-14(13-16(17)19)8-10-18(22)20-15-5-3-4-6-15/h7-10,13,15H,3-6,11-12,19H2,1-2H3,(H,20,22)/b10-8-. The minimum absolute atomic E-state index is 0.0400. The molecule has 1 amide bonds. The zero-order valence-corrected chi connectivity index (χ0v) is 14.0. The fourth-order valence-electron chi connectivity index (χ4n) is 2.63. The van der Waals surface area contributed by atoms with Crippen LogP contribution in [0.3, 0.4) is 0 Å². The first kappa shape index (κ1) is 17.3. The van der Waals surface area contributed by atoms with Crippen molar-refractivity contribution in [2.24, 2.45) is 0 Å². The van der Waals surface area contributed by atoms with Gasteiger partial charge in [0.2, 0.25) is 5.91 Å². The Balaban J connectivity index is 1.86. The maximum absolute atomic E-state index is 11.9. The van der Waals surface area contributed by atoms with Gasteiger partial charge in [-0.25, -0.2) is 0 Å². The van der Waals surface area contributed by atoms with Gasteiger partial charge in [-0.15, -0.1) is 0 Å². The van der Waals surface area contributed by atoms with E-state index in [2.05, 4.69) is 10.2 Å². The van der Waals surface area contributed by atoms with Gasteiger partial charge >= 0.3 is 0 Å². The third kappa shape index (κ3) is 5.94. The van der Waals surface area contributed by atoms with E-state index in [1.165, 1.54) is 12.8 Å². The van der Waals surface area contributed by atoms with Crippen molar-refractivity contribution in [3.05, 3.63) is 29.8 Å². The lowest BCUT2D eigenvalue weighted by molar-refractivity contribution is -0.117. The fraction of sp³-hybridized carbons (Fsp3) is 0.500. The molecule has 1 aliphatic rings. The highest BCUT2D eigenvalue weighted by Crippen LogP contribution is 2.23. The van der Waals surface area contributed by atoms with E-state index in [0.717, 1.165) is 24.9 Å². The van der Waals surface area contributed by atoms with Crippen LogP contribution in [0.5, 0.6) is 5.75 Å². The van der Waals surface area contributed by atoms with E-state index in [-0.39, 0.29) is 5.91 Å². The van der Waals surface area contributed by atoms with Crippen LogP contribution in [0.15, 0.2) is 24.3 Å². The molecule has 0 radical (unpaired) electrons. The molecule has 0 aliphatic heterocycles. The number of amides is 1. The number of anilines is 1. The summed E-state index contributed by atoms with van der Waals surface area (Å²) in [5.74, 6) is 0.640. The van der Waals surface area contributed by atoms with Crippen molar-refractivity contribution < 1.29 is 9.53 Å². The minimum atomic E-state index is -0.0400. The number of hydrogen-bond acceptors (Lipinski definition) is 4. The quantitative estimate of drug-likeness (QED) is 0.598. The van der Waals surface area contributed by atoms with Gasteiger partial charge in [0.05, 0.1) is 5.69 Å². The molecule has 1 aliphatic carbocycles. The van der Waals surface area contributed by atoms with E-state index < -0.39 is 0 Å². The van der Waals surface area contributed by atoms with E-state index in [9.17, 15) is 4.79 Å². The third-order valence-corrected chi connectivity index (χ3v) is 3.96. The highest BCUT2D eigenvalue weighted by Gasteiger charge is 2.15. The number of carbonyl (C=O) groups is 1. The SMILES string of the molecule is CN(C)CCOc1ccc(/C=C\C(=O)NC2CCCC2)cc1N. The van der Waals surface area contributed by atoms with Crippen molar-refractivity contribution in [2.75, 3.05) is 33.0 Å². The van der Waals surface area contributed by atoms with Crippen LogP contribution in [0.2, 0.25) is 0 Å². The Labute approximate surface area is 138 Å². The number of rotatable bonds is 7. The molecule has 0 bridgehead atoms. The van der Waals surface area contributed by atoms with Crippen LogP contribution in [0.25, 0.3) is 6.08 Å². The molecule has 23 heavy (non-hydrogen) atoms. The van der Waals surface area contributed by atoms with Gasteiger partial charge in [-0.3, -0.25) is 4.79 Å². The topological polar surface area (TPSA) is 67.6 Å². The molecule has 3 N–H and O–H groups in total. The lowest BCUT2D eigenvalue weighted by Crippen LogP contribution is -2.30. The number of nitrogens with two attached hydrogens (primary N) is 1. The predicted molar refractivity (Wildman–Crippen MR) is 94.3 cm³/mol. The molecule has 0 spiro atoms.